The predicted octanol–water partition coefficient (Wildman–Crippen LogP) is 1.65. The Morgan fingerprint density at radius 1 is 1.58 bits per heavy atom. The first-order valence-corrected chi connectivity index (χ1v) is 5.08. The Kier molecular flexibility index (Phi) is 2.13. The van der Waals surface area contributed by atoms with Crippen molar-refractivity contribution in [2.75, 3.05) is 20.2 Å². The molecule has 2 rings (SSSR count). The van der Waals surface area contributed by atoms with Gasteiger partial charge in [-0.2, -0.15) is 0 Å². The second-order valence-corrected chi connectivity index (χ2v) is 4.19. The van der Waals surface area contributed by atoms with Crippen LogP contribution in [0.1, 0.15) is 32.6 Å². The number of nitrogens with zero attached hydrogens (tertiary/aromatic N) is 1. The molecule has 0 radical (unpaired) electrons. The van der Waals surface area contributed by atoms with Crippen molar-refractivity contribution in [2.45, 2.75) is 44.2 Å². The van der Waals surface area contributed by atoms with Crippen LogP contribution in [-0.2, 0) is 4.74 Å². The Bertz CT molecular complexity index is 171. The van der Waals surface area contributed by atoms with Gasteiger partial charge < -0.3 is 4.74 Å². The normalized spacial score (nSPS) is 42.0. The predicted molar refractivity (Wildman–Crippen MR) is 49.2 cm³/mol. The molecule has 2 heterocycles. The Balaban J connectivity index is 2.09. The molecular weight excluding hydrogens is 150 g/mol. The highest BCUT2D eigenvalue weighted by molar-refractivity contribution is 5.02. The third kappa shape index (κ3) is 1.09. The van der Waals surface area contributed by atoms with Crippen molar-refractivity contribution >= 4 is 0 Å². The van der Waals surface area contributed by atoms with E-state index in [0.717, 1.165) is 0 Å². The molecule has 0 N–H and O–H groups in total. The molecule has 0 saturated carbocycles. The highest BCUT2D eigenvalue weighted by Gasteiger charge is 2.46. The molecular formula is C10H19NO. The van der Waals surface area contributed by atoms with E-state index >= 15 is 0 Å². The summed E-state index contributed by atoms with van der Waals surface area (Å²) < 4.78 is 5.43. The summed E-state index contributed by atoms with van der Waals surface area (Å²) >= 11 is 0. The molecule has 0 spiro atoms. The molecule has 2 saturated heterocycles. The first-order chi connectivity index (χ1) is 5.80. The van der Waals surface area contributed by atoms with Gasteiger partial charge in [-0.15, -0.1) is 0 Å². The molecule has 0 aromatic heterocycles. The molecule has 0 aromatic carbocycles. The molecule has 0 aliphatic carbocycles. The van der Waals surface area contributed by atoms with Crippen molar-refractivity contribution in [3.8, 4) is 0 Å². The second-order valence-electron chi connectivity index (χ2n) is 4.19. The minimum Gasteiger partial charge on any atom is -0.380 e. The zero-order chi connectivity index (χ0) is 8.60. The summed E-state index contributed by atoms with van der Waals surface area (Å²) in [5, 5.41) is 0. The highest BCUT2D eigenvalue weighted by atomic mass is 16.5. The Hall–Kier alpha value is -0.0800. The smallest absolute Gasteiger partial charge is 0.0716 e. The number of rotatable bonds is 2. The minimum atomic E-state index is 0.505. The fraction of sp³-hybridized carbons (Fsp3) is 1.00. The first-order valence-electron chi connectivity index (χ1n) is 5.08. The van der Waals surface area contributed by atoms with Crippen LogP contribution in [0.3, 0.4) is 0 Å². The van der Waals surface area contributed by atoms with E-state index in [-0.39, 0.29) is 0 Å². The molecule has 2 atom stereocenters. The summed E-state index contributed by atoms with van der Waals surface area (Å²) in [6.07, 6.45) is 5.85. The maximum Gasteiger partial charge on any atom is 0.0716 e. The van der Waals surface area contributed by atoms with Crippen LogP contribution in [0.2, 0.25) is 0 Å². The van der Waals surface area contributed by atoms with Crippen LogP contribution >= 0.6 is 0 Å². The maximum absolute atomic E-state index is 5.43. The summed E-state index contributed by atoms with van der Waals surface area (Å²) in [5.74, 6) is 0. The Labute approximate surface area is 74.9 Å². The van der Waals surface area contributed by atoms with Crippen LogP contribution in [0.4, 0.5) is 0 Å². The first kappa shape index (κ1) is 8.52. The van der Waals surface area contributed by atoms with Gasteiger partial charge in [0.05, 0.1) is 6.10 Å². The van der Waals surface area contributed by atoms with Gasteiger partial charge in [0.25, 0.3) is 0 Å². The van der Waals surface area contributed by atoms with Gasteiger partial charge in [0.15, 0.2) is 0 Å². The van der Waals surface area contributed by atoms with E-state index in [9.17, 15) is 0 Å². The number of hydrogen-bond donors (Lipinski definition) is 0. The van der Waals surface area contributed by atoms with Gasteiger partial charge in [0.2, 0.25) is 0 Å². The van der Waals surface area contributed by atoms with Crippen molar-refractivity contribution in [3.05, 3.63) is 0 Å². The van der Waals surface area contributed by atoms with Gasteiger partial charge in [-0.05, 0) is 32.2 Å². The Morgan fingerprint density at radius 3 is 3.00 bits per heavy atom. The lowest BCUT2D eigenvalue weighted by molar-refractivity contribution is 0.107. The number of ether oxygens (including phenoxy) is 1. The van der Waals surface area contributed by atoms with Crippen LogP contribution in [-0.4, -0.2) is 36.7 Å². The molecule has 2 fully saturated rings. The standard InChI is InChI=1S/C10H19NO/c1-3-10-5-4-6-11(10)8-9(7-10)12-2/h9H,3-8H2,1-2H3/t9-,10-/m0/s1. The van der Waals surface area contributed by atoms with Crippen LogP contribution in [0.5, 0.6) is 0 Å². The number of hydrogen-bond acceptors (Lipinski definition) is 2. The number of methoxy groups -OCH3 is 1. The van der Waals surface area contributed by atoms with E-state index in [1.165, 1.54) is 38.8 Å². The summed E-state index contributed by atoms with van der Waals surface area (Å²) in [7, 11) is 1.84. The van der Waals surface area contributed by atoms with E-state index in [1.54, 1.807) is 0 Å². The zero-order valence-electron chi connectivity index (χ0n) is 8.18. The van der Waals surface area contributed by atoms with Crippen molar-refractivity contribution < 1.29 is 4.74 Å². The van der Waals surface area contributed by atoms with Crippen LogP contribution in [0, 0.1) is 0 Å². The second kappa shape index (κ2) is 3.00. The van der Waals surface area contributed by atoms with Gasteiger partial charge >= 0.3 is 0 Å². The van der Waals surface area contributed by atoms with Crippen molar-refractivity contribution in [1.82, 2.24) is 4.90 Å². The fourth-order valence-corrected chi connectivity index (χ4v) is 2.95. The van der Waals surface area contributed by atoms with Gasteiger partial charge in [-0.25, -0.2) is 0 Å². The fourth-order valence-electron chi connectivity index (χ4n) is 2.95. The van der Waals surface area contributed by atoms with Crippen molar-refractivity contribution in [3.63, 3.8) is 0 Å². The topological polar surface area (TPSA) is 12.5 Å². The van der Waals surface area contributed by atoms with Gasteiger partial charge in [-0.3, -0.25) is 4.90 Å². The molecule has 0 bridgehead atoms. The van der Waals surface area contributed by atoms with E-state index < -0.39 is 0 Å². The zero-order valence-corrected chi connectivity index (χ0v) is 8.18. The van der Waals surface area contributed by atoms with Crippen LogP contribution < -0.4 is 0 Å². The molecule has 2 aliphatic rings. The summed E-state index contributed by atoms with van der Waals surface area (Å²) in [5.41, 5.74) is 0.528. The van der Waals surface area contributed by atoms with E-state index in [4.69, 9.17) is 4.74 Å². The molecule has 70 valence electrons. The van der Waals surface area contributed by atoms with Gasteiger partial charge in [-0.1, -0.05) is 6.92 Å². The largest absolute Gasteiger partial charge is 0.380 e. The average molecular weight is 169 g/mol. The molecule has 0 unspecified atom stereocenters. The monoisotopic (exact) mass is 169 g/mol. The van der Waals surface area contributed by atoms with E-state index in [2.05, 4.69) is 11.8 Å². The average Bonchev–Trinajstić information content (AvgIpc) is 2.58. The lowest BCUT2D eigenvalue weighted by Gasteiger charge is -2.30. The van der Waals surface area contributed by atoms with Crippen LogP contribution in [0.15, 0.2) is 0 Å². The van der Waals surface area contributed by atoms with E-state index in [1.807, 2.05) is 7.11 Å². The summed E-state index contributed by atoms with van der Waals surface area (Å²) in [4.78, 5) is 2.64. The molecule has 0 amide bonds. The van der Waals surface area contributed by atoms with E-state index in [0.29, 0.717) is 11.6 Å². The lowest BCUT2D eigenvalue weighted by atomic mass is 9.90. The molecule has 12 heavy (non-hydrogen) atoms. The van der Waals surface area contributed by atoms with Crippen LogP contribution in [0.25, 0.3) is 0 Å². The summed E-state index contributed by atoms with van der Waals surface area (Å²) in [6.45, 7) is 4.79. The highest BCUT2D eigenvalue weighted by Crippen LogP contribution is 2.41. The third-order valence-corrected chi connectivity index (χ3v) is 3.76. The molecule has 2 nitrogen and oxygen atoms in total. The SMILES string of the molecule is CC[C@@]12CCCN1C[C@@H](OC)C2. The molecule has 2 heteroatoms. The molecule has 0 aromatic rings. The summed E-state index contributed by atoms with van der Waals surface area (Å²) in [6, 6.07) is 0. The minimum absolute atomic E-state index is 0.505. The van der Waals surface area contributed by atoms with Crippen molar-refractivity contribution in [2.24, 2.45) is 0 Å². The van der Waals surface area contributed by atoms with Gasteiger partial charge in [0.1, 0.15) is 0 Å². The van der Waals surface area contributed by atoms with Gasteiger partial charge in [0, 0.05) is 19.2 Å². The maximum atomic E-state index is 5.43. The quantitative estimate of drug-likeness (QED) is 0.623. The Morgan fingerprint density at radius 2 is 2.42 bits per heavy atom. The van der Waals surface area contributed by atoms with Crippen molar-refractivity contribution in [1.29, 1.82) is 0 Å². The lowest BCUT2D eigenvalue weighted by Crippen LogP contribution is -2.37. The molecule has 2 aliphatic heterocycles. The number of fused-ring (bicyclic) bond motifs is 1. The third-order valence-electron chi connectivity index (χ3n) is 3.76.